The van der Waals surface area contributed by atoms with Crippen molar-refractivity contribution in [2.45, 2.75) is 30.7 Å². The minimum absolute atomic E-state index is 0.0944. The monoisotopic (exact) mass is 560 g/mol. The molecule has 0 saturated carbocycles. The molecule has 2 unspecified atom stereocenters. The number of nitrogens with one attached hydrogen (secondary N) is 3. The van der Waals surface area contributed by atoms with Crippen LogP contribution in [0.1, 0.15) is 28.8 Å². The highest BCUT2D eigenvalue weighted by molar-refractivity contribution is 8.03. The smallest absolute Gasteiger partial charge is 0.333 e. The Balaban J connectivity index is 1.32. The van der Waals surface area contributed by atoms with Gasteiger partial charge in [-0.2, -0.15) is 0 Å². The van der Waals surface area contributed by atoms with Crippen LogP contribution in [0.2, 0.25) is 0 Å². The molecular weight excluding hydrogens is 535 g/mol. The minimum Gasteiger partial charge on any atom is -0.480 e. The Bertz CT molecular complexity index is 1710. The Morgan fingerprint density at radius 1 is 1.07 bits per heavy atom. The Hall–Kier alpha value is -4.64. The lowest BCUT2D eigenvalue weighted by molar-refractivity contribution is -0.139. The number of carboxylic acids is 1. The van der Waals surface area contributed by atoms with Crippen molar-refractivity contribution in [3.8, 4) is 5.69 Å². The Morgan fingerprint density at radius 3 is 2.50 bits per heavy atom. The lowest BCUT2D eigenvalue weighted by atomic mass is 10.1. The van der Waals surface area contributed by atoms with Gasteiger partial charge < -0.3 is 20.7 Å². The summed E-state index contributed by atoms with van der Waals surface area (Å²) in [4.78, 5) is 53.2. The number of aromatic nitrogens is 2. The Kier molecular flexibility index (Phi) is 7.83. The molecule has 0 radical (unpaired) electrons. The minimum atomic E-state index is -1.11. The van der Waals surface area contributed by atoms with Crippen LogP contribution < -0.4 is 21.9 Å². The topological polar surface area (TPSA) is 133 Å². The summed E-state index contributed by atoms with van der Waals surface area (Å²) in [7, 11) is 0. The molecule has 5 rings (SSSR count). The molecular formula is C29H25FN4O5S. The highest BCUT2D eigenvalue weighted by Gasteiger charge is 2.25. The van der Waals surface area contributed by atoms with E-state index in [9.17, 15) is 28.7 Å². The molecule has 2 heterocycles. The second-order valence-corrected chi connectivity index (χ2v) is 10.5. The summed E-state index contributed by atoms with van der Waals surface area (Å²) in [5, 5.41) is 17.6. The number of fused-ring (bicyclic) bond motifs is 1. The number of aliphatic carboxylic acids is 1. The van der Waals surface area contributed by atoms with Crippen molar-refractivity contribution in [2.75, 3.05) is 5.32 Å². The summed E-state index contributed by atoms with van der Waals surface area (Å²) < 4.78 is 14.1. The van der Waals surface area contributed by atoms with Crippen molar-refractivity contribution < 1.29 is 19.1 Å². The molecule has 1 aromatic heterocycles. The van der Waals surface area contributed by atoms with Crippen LogP contribution >= 0.6 is 11.8 Å². The van der Waals surface area contributed by atoms with E-state index in [1.165, 1.54) is 36.4 Å². The number of rotatable bonds is 9. The molecule has 0 fully saturated rings. The number of amides is 1. The molecule has 3 aromatic carbocycles. The number of hydrogen-bond donors (Lipinski definition) is 4. The molecule has 0 bridgehead atoms. The molecule has 0 spiro atoms. The van der Waals surface area contributed by atoms with Gasteiger partial charge in [-0.1, -0.05) is 18.2 Å². The maximum Gasteiger partial charge on any atom is 0.333 e. The average Bonchev–Trinajstić information content (AvgIpc) is 3.46. The van der Waals surface area contributed by atoms with E-state index >= 15 is 0 Å². The summed E-state index contributed by atoms with van der Waals surface area (Å²) in [5.41, 5.74) is 1.16. The SMILES string of the molecule is O=C(NC(CC1CC=CS1)C(=O)O)c1ccc(-n2c(=O)[nH]c3cc(NCc4ccc(F)cc4)ccc3c2=O)cc1. The van der Waals surface area contributed by atoms with Gasteiger partial charge in [-0.3, -0.25) is 9.59 Å². The zero-order chi connectivity index (χ0) is 28.2. The second-order valence-electron chi connectivity index (χ2n) is 9.32. The van der Waals surface area contributed by atoms with Crippen LogP contribution in [-0.2, 0) is 11.3 Å². The fourth-order valence-corrected chi connectivity index (χ4v) is 5.41. The van der Waals surface area contributed by atoms with E-state index in [1.807, 2.05) is 11.5 Å². The van der Waals surface area contributed by atoms with E-state index in [2.05, 4.69) is 15.6 Å². The van der Waals surface area contributed by atoms with Crippen LogP contribution in [0.25, 0.3) is 16.6 Å². The zero-order valence-corrected chi connectivity index (χ0v) is 21.9. The van der Waals surface area contributed by atoms with Gasteiger partial charge in [0.2, 0.25) is 0 Å². The maximum absolute atomic E-state index is 13.2. The first-order valence-corrected chi connectivity index (χ1v) is 13.4. The third-order valence-corrected chi connectivity index (χ3v) is 7.68. The van der Waals surface area contributed by atoms with Gasteiger partial charge in [0.05, 0.1) is 16.6 Å². The van der Waals surface area contributed by atoms with Gasteiger partial charge in [-0.15, -0.1) is 11.8 Å². The fourth-order valence-electron chi connectivity index (χ4n) is 4.44. The second kappa shape index (κ2) is 11.6. The first-order valence-electron chi connectivity index (χ1n) is 12.5. The number of carbonyl (C=O) groups excluding carboxylic acids is 1. The molecule has 4 N–H and O–H groups in total. The van der Waals surface area contributed by atoms with Crippen molar-refractivity contribution in [3.63, 3.8) is 0 Å². The number of halogens is 1. The highest BCUT2D eigenvalue weighted by Crippen LogP contribution is 2.27. The summed E-state index contributed by atoms with van der Waals surface area (Å²) >= 11 is 1.54. The lowest BCUT2D eigenvalue weighted by Gasteiger charge is -2.18. The van der Waals surface area contributed by atoms with E-state index < -0.39 is 29.2 Å². The average molecular weight is 561 g/mol. The van der Waals surface area contributed by atoms with Crippen LogP contribution in [0.4, 0.5) is 10.1 Å². The van der Waals surface area contributed by atoms with Crippen molar-refractivity contribution in [1.29, 1.82) is 0 Å². The molecule has 2 atom stereocenters. The third kappa shape index (κ3) is 5.99. The number of benzene rings is 3. The molecule has 1 aliphatic heterocycles. The van der Waals surface area contributed by atoms with E-state index in [1.54, 1.807) is 42.1 Å². The van der Waals surface area contributed by atoms with E-state index in [0.29, 0.717) is 24.2 Å². The van der Waals surface area contributed by atoms with E-state index in [0.717, 1.165) is 16.6 Å². The predicted octanol–water partition coefficient (Wildman–Crippen LogP) is 4.02. The molecule has 0 aliphatic carbocycles. The first kappa shape index (κ1) is 26.9. The maximum atomic E-state index is 13.2. The highest BCUT2D eigenvalue weighted by atomic mass is 32.2. The number of anilines is 1. The number of carbonyl (C=O) groups is 2. The van der Waals surface area contributed by atoms with Crippen molar-refractivity contribution in [1.82, 2.24) is 14.9 Å². The van der Waals surface area contributed by atoms with Gasteiger partial charge in [-0.05, 0) is 78.4 Å². The van der Waals surface area contributed by atoms with Crippen molar-refractivity contribution >= 4 is 40.2 Å². The normalized spacial score (nSPS) is 15.2. The summed E-state index contributed by atoms with van der Waals surface area (Å²) in [6.07, 6.45) is 3.02. The van der Waals surface area contributed by atoms with Gasteiger partial charge in [-0.25, -0.2) is 18.5 Å². The summed E-state index contributed by atoms with van der Waals surface area (Å²) in [6, 6.07) is 15.8. The number of allylic oxidation sites excluding steroid dienone is 1. The van der Waals surface area contributed by atoms with Crippen LogP contribution in [0.15, 0.2) is 87.8 Å². The fraction of sp³-hybridized carbons (Fsp3) is 0.172. The van der Waals surface area contributed by atoms with E-state index in [4.69, 9.17) is 0 Å². The van der Waals surface area contributed by atoms with Gasteiger partial charge in [0.15, 0.2) is 0 Å². The van der Waals surface area contributed by atoms with Crippen LogP contribution in [0.3, 0.4) is 0 Å². The van der Waals surface area contributed by atoms with Gasteiger partial charge in [0.25, 0.3) is 11.5 Å². The number of aromatic amines is 1. The molecule has 1 aliphatic rings. The third-order valence-electron chi connectivity index (χ3n) is 6.56. The van der Waals surface area contributed by atoms with Gasteiger partial charge in [0.1, 0.15) is 11.9 Å². The number of hydrogen-bond acceptors (Lipinski definition) is 6. The van der Waals surface area contributed by atoms with Gasteiger partial charge >= 0.3 is 11.7 Å². The zero-order valence-electron chi connectivity index (χ0n) is 21.1. The van der Waals surface area contributed by atoms with Crippen LogP contribution in [0.5, 0.6) is 0 Å². The molecule has 9 nitrogen and oxygen atoms in total. The van der Waals surface area contributed by atoms with Crippen molar-refractivity contribution in [3.05, 3.63) is 116 Å². The molecule has 1 amide bonds. The predicted molar refractivity (Wildman–Crippen MR) is 153 cm³/mol. The quantitative estimate of drug-likeness (QED) is 0.243. The standard InChI is InChI=1S/C29H25FN4O5S/c30-19-7-3-17(4-8-19)16-31-20-9-12-23-24(14-20)33-29(39)34(27(23)36)21-10-5-18(6-11-21)26(35)32-25(28(37)38)15-22-2-1-13-40-22/h1,3-14,22,25,31H,2,15-16H2,(H,32,35)(H,33,39)(H,37,38). The Labute approximate surface area is 231 Å². The van der Waals surface area contributed by atoms with Crippen molar-refractivity contribution in [2.24, 2.45) is 0 Å². The van der Waals surface area contributed by atoms with Crippen LogP contribution in [0, 0.1) is 5.82 Å². The number of thioether (sulfide) groups is 1. The number of carboxylic acid groups (broad SMARTS) is 1. The van der Waals surface area contributed by atoms with Crippen LogP contribution in [-0.4, -0.2) is 37.8 Å². The molecule has 40 heavy (non-hydrogen) atoms. The summed E-state index contributed by atoms with van der Waals surface area (Å²) in [6.45, 7) is 0.428. The van der Waals surface area contributed by atoms with Gasteiger partial charge in [0, 0.05) is 23.0 Å². The lowest BCUT2D eigenvalue weighted by Crippen LogP contribution is -2.42. The molecule has 204 valence electrons. The largest absolute Gasteiger partial charge is 0.480 e. The first-order chi connectivity index (χ1) is 19.3. The molecule has 4 aromatic rings. The molecule has 0 saturated heterocycles. The number of nitrogens with zero attached hydrogens (tertiary/aromatic N) is 1. The molecule has 11 heteroatoms. The summed E-state index contributed by atoms with van der Waals surface area (Å²) in [5.74, 6) is -1.99. The number of H-pyrrole nitrogens is 1. The Morgan fingerprint density at radius 2 is 1.82 bits per heavy atom. The van der Waals surface area contributed by atoms with E-state index in [-0.39, 0.29) is 27.7 Å².